The van der Waals surface area contributed by atoms with E-state index in [2.05, 4.69) is 67.3 Å². The molecule has 0 saturated carbocycles. The third-order valence-electron chi connectivity index (χ3n) is 3.77. The summed E-state index contributed by atoms with van der Waals surface area (Å²) in [6.45, 7) is 6.29. The second kappa shape index (κ2) is 6.57. The van der Waals surface area contributed by atoms with Gasteiger partial charge in [0.05, 0.1) is 0 Å². The lowest BCUT2D eigenvalue weighted by atomic mass is 10.1. The van der Waals surface area contributed by atoms with Crippen molar-refractivity contribution in [2.75, 3.05) is 24.3 Å². The summed E-state index contributed by atoms with van der Waals surface area (Å²) in [5, 5.41) is 3.16. The molecule has 1 aromatic heterocycles. The highest BCUT2D eigenvalue weighted by Crippen LogP contribution is 2.28. The van der Waals surface area contributed by atoms with Crippen LogP contribution in [0, 0.1) is 6.92 Å². The van der Waals surface area contributed by atoms with E-state index < -0.39 is 0 Å². The topological polar surface area (TPSA) is 41.1 Å². The molecule has 1 aromatic carbocycles. The Bertz CT molecular complexity index is 605. The predicted molar refractivity (Wildman–Crippen MR) is 89.6 cm³/mol. The lowest BCUT2D eigenvalue weighted by Gasteiger charge is -2.22. The Kier molecular flexibility index (Phi) is 4.78. The Morgan fingerprint density at radius 3 is 2.24 bits per heavy atom. The fraction of sp³-hybridized carbons (Fsp3) is 0.412. The maximum atomic E-state index is 4.69. The van der Waals surface area contributed by atoms with Crippen LogP contribution >= 0.6 is 0 Å². The lowest BCUT2D eigenvalue weighted by Crippen LogP contribution is -2.16. The average molecular weight is 284 g/mol. The minimum atomic E-state index is 0.824. The number of hydrogen-bond donors (Lipinski definition) is 1. The Morgan fingerprint density at radius 1 is 1.05 bits per heavy atom. The summed E-state index contributed by atoms with van der Waals surface area (Å²) in [7, 11) is 3.95. The molecule has 0 aliphatic heterocycles. The first-order valence-electron chi connectivity index (χ1n) is 7.48. The van der Waals surface area contributed by atoms with Gasteiger partial charge in [0.15, 0.2) is 0 Å². The number of hydrogen-bond acceptors (Lipinski definition) is 4. The molecular weight excluding hydrogens is 260 g/mol. The minimum Gasteiger partial charge on any atom is -0.373 e. The molecule has 0 spiro atoms. The fourth-order valence-corrected chi connectivity index (χ4v) is 2.36. The molecule has 1 heterocycles. The van der Waals surface area contributed by atoms with Crippen molar-refractivity contribution in [3.63, 3.8) is 0 Å². The van der Waals surface area contributed by atoms with Gasteiger partial charge >= 0.3 is 0 Å². The third kappa shape index (κ3) is 3.15. The second-order valence-electron chi connectivity index (χ2n) is 5.12. The molecule has 0 amide bonds. The van der Waals surface area contributed by atoms with Crippen LogP contribution in [0.2, 0.25) is 0 Å². The zero-order valence-corrected chi connectivity index (χ0v) is 13.6. The molecule has 2 rings (SSSR count). The molecule has 0 aliphatic rings. The molecule has 2 aromatic rings. The van der Waals surface area contributed by atoms with Crippen LogP contribution in [0.25, 0.3) is 0 Å². The molecule has 0 radical (unpaired) electrons. The summed E-state index contributed by atoms with van der Waals surface area (Å²) >= 11 is 0. The van der Waals surface area contributed by atoms with E-state index in [9.17, 15) is 0 Å². The van der Waals surface area contributed by atoms with E-state index in [-0.39, 0.29) is 0 Å². The molecule has 0 unspecified atom stereocenters. The molecule has 1 N–H and O–H groups in total. The molecule has 0 bridgehead atoms. The van der Waals surface area contributed by atoms with Crippen LogP contribution in [0.4, 0.5) is 17.3 Å². The first-order valence-corrected chi connectivity index (χ1v) is 7.48. The van der Waals surface area contributed by atoms with E-state index >= 15 is 0 Å². The van der Waals surface area contributed by atoms with Gasteiger partial charge in [0, 0.05) is 31.8 Å². The molecule has 112 valence electrons. The van der Waals surface area contributed by atoms with E-state index in [0.29, 0.717) is 0 Å². The number of aromatic nitrogens is 2. The van der Waals surface area contributed by atoms with Gasteiger partial charge in [-0.3, -0.25) is 0 Å². The van der Waals surface area contributed by atoms with Gasteiger partial charge in [0.1, 0.15) is 17.5 Å². The number of nitrogens with one attached hydrogen (secondary N) is 1. The maximum Gasteiger partial charge on any atom is 0.141 e. The van der Waals surface area contributed by atoms with Crippen LogP contribution in [0.15, 0.2) is 24.3 Å². The summed E-state index contributed by atoms with van der Waals surface area (Å²) in [6, 6.07) is 8.63. The van der Waals surface area contributed by atoms with E-state index in [4.69, 9.17) is 4.98 Å². The van der Waals surface area contributed by atoms with Crippen LogP contribution in [0.3, 0.4) is 0 Å². The van der Waals surface area contributed by atoms with E-state index in [1.165, 1.54) is 5.56 Å². The van der Waals surface area contributed by atoms with Crippen LogP contribution in [-0.4, -0.2) is 24.1 Å². The Hall–Kier alpha value is -2.10. The summed E-state index contributed by atoms with van der Waals surface area (Å²) in [5.74, 6) is 2.71. The molecule has 0 atom stereocenters. The number of nitrogens with zero attached hydrogens (tertiary/aromatic N) is 3. The molecule has 4 nitrogen and oxygen atoms in total. The van der Waals surface area contributed by atoms with Gasteiger partial charge in [0.2, 0.25) is 0 Å². The van der Waals surface area contributed by atoms with Crippen molar-refractivity contribution in [2.24, 2.45) is 0 Å². The average Bonchev–Trinajstić information content (AvgIpc) is 2.54. The van der Waals surface area contributed by atoms with Gasteiger partial charge in [-0.25, -0.2) is 9.97 Å². The molecule has 0 saturated heterocycles. The van der Waals surface area contributed by atoms with Crippen molar-refractivity contribution in [1.82, 2.24) is 9.97 Å². The zero-order chi connectivity index (χ0) is 15.4. The number of benzene rings is 1. The first kappa shape index (κ1) is 15.3. The summed E-state index contributed by atoms with van der Waals surface area (Å²) in [6.07, 6.45) is 1.88. The lowest BCUT2D eigenvalue weighted by molar-refractivity contribution is 0.916. The Labute approximate surface area is 127 Å². The van der Waals surface area contributed by atoms with Crippen LogP contribution in [0.1, 0.15) is 30.8 Å². The van der Waals surface area contributed by atoms with Gasteiger partial charge < -0.3 is 10.2 Å². The summed E-state index contributed by atoms with van der Waals surface area (Å²) < 4.78 is 0. The molecule has 0 fully saturated rings. The van der Waals surface area contributed by atoms with Gasteiger partial charge in [-0.1, -0.05) is 26.0 Å². The quantitative estimate of drug-likeness (QED) is 0.908. The van der Waals surface area contributed by atoms with Crippen molar-refractivity contribution in [3.05, 3.63) is 41.2 Å². The standard InChI is InChI=1S/C17H24N4/c1-6-13-8-10-14(11-9-13)21(5)17-12(3)16(18-4)19-15(7-2)20-17/h8-11H,6-7H2,1-5H3,(H,18,19,20). The smallest absolute Gasteiger partial charge is 0.141 e. The van der Waals surface area contributed by atoms with Gasteiger partial charge in [-0.05, 0) is 31.0 Å². The monoisotopic (exact) mass is 284 g/mol. The predicted octanol–water partition coefficient (Wildman–Crippen LogP) is 3.72. The Balaban J connectivity index is 2.43. The summed E-state index contributed by atoms with van der Waals surface area (Å²) in [4.78, 5) is 11.3. The van der Waals surface area contributed by atoms with Gasteiger partial charge in [-0.2, -0.15) is 0 Å². The molecule has 4 heteroatoms. The highest BCUT2D eigenvalue weighted by Gasteiger charge is 2.14. The van der Waals surface area contributed by atoms with Crippen LogP contribution < -0.4 is 10.2 Å². The minimum absolute atomic E-state index is 0.824. The van der Waals surface area contributed by atoms with Crippen molar-refractivity contribution in [1.29, 1.82) is 0 Å². The van der Waals surface area contributed by atoms with E-state index in [0.717, 1.165) is 41.6 Å². The first-order chi connectivity index (χ1) is 10.1. The maximum absolute atomic E-state index is 4.69. The highest BCUT2D eigenvalue weighted by molar-refractivity contribution is 5.66. The Morgan fingerprint density at radius 2 is 1.71 bits per heavy atom. The third-order valence-corrected chi connectivity index (χ3v) is 3.77. The van der Waals surface area contributed by atoms with E-state index in [1.54, 1.807) is 0 Å². The number of aryl methyl sites for hydroxylation is 2. The molecular formula is C17H24N4. The van der Waals surface area contributed by atoms with Gasteiger partial charge in [-0.15, -0.1) is 0 Å². The fourth-order valence-electron chi connectivity index (χ4n) is 2.36. The van der Waals surface area contributed by atoms with Crippen LogP contribution in [-0.2, 0) is 12.8 Å². The van der Waals surface area contributed by atoms with Crippen molar-refractivity contribution < 1.29 is 0 Å². The van der Waals surface area contributed by atoms with E-state index in [1.807, 2.05) is 7.05 Å². The SMILES string of the molecule is CCc1ccc(N(C)c2nc(CC)nc(NC)c2C)cc1. The van der Waals surface area contributed by atoms with Crippen molar-refractivity contribution in [2.45, 2.75) is 33.6 Å². The molecule has 0 aliphatic carbocycles. The van der Waals surface area contributed by atoms with Crippen molar-refractivity contribution in [3.8, 4) is 0 Å². The highest BCUT2D eigenvalue weighted by atomic mass is 15.2. The number of rotatable bonds is 5. The summed E-state index contributed by atoms with van der Waals surface area (Å²) in [5.41, 5.74) is 3.55. The largest absolute Gasteiger partial charge is 0.373 e. The van der Waals surface area contributed by atoms with Crippen LogP contribution in [0.5, 0.6) is 0 Å². The second-order valence-corrected chi connectivity index (χ2v) is 5.12. The zero-order valence-electron chi connectivity index (χ0n) is 13.6. The van der Waals surface area contributed by atoms with Gasteiger partial charge in [0.25, 0.3) is 0 Å². The number of anilines is 3. The molecule has 21 heavy (non-hydrogen) atoms. The normalized spacial score (nSPS) is 10.5. The van der Waals surface area contributed by atoms with Crippen molar-refractivity contribution >= 4 is 17.3 Å².